The van der Waals surface area contributed by atoms with Gasteiger partial charge in [-0.1, -0.05) is 20.3 Å². The van der Waals surface area contributed by atoms with Crippen LogP contribution in [0.25, 0.3) is 0 Å². The molecule has 1 aromatic rings. The Morgan fingerprint density at radius 3 is 2.43 bits per heavy atom. The maximum atomic E-state index is 13.0. The predicted octanol–water partition coefficient (Wildman–Crippen LogP) is 1.63. The minimum absolute atomic E-state index is 0.0907. The molecule has 0 bridgehead atoms. The van der Waals surface area contributed by atoms with Crippen molar-refractivity contribution < 1.29 is 4.79 Å². The molecular weight excluding hydrogens is 292 g/mol. The average Bonchev–Trinajstić information content (AvgIpc) is 2.51. The number of carbonyl (C=O) groups is 1. The van der Waals surface area contributed by atoms with Crippen molar-refractivity contribution in [1.29, 1.82) is 0 Å². The second-order valence-electron chi connectivity index (χ2n) is 7.29. The van der Waals surface area contributed by atoms with E-state index < -0.39 is 0 Å². The fourth-order valence-electron chi connectivity index (χ4n) is 3.88. The highest BCUT2D eigenvalue weighted by Gasteiger charge is 2.46. The van der Waals surface area contributed by atoms with Crippen molar-refractivity contribution in [3.05, 3.63) is 22.5 Å². The van der Waals surface area contributed by atoms with Crippen LogP contribution < -0.4 is 10.5 Å². The Kier molecular flexibility index (Phi) is 4.41. The number of nitrogens with zero attached hydrogens (tertiary/aromatic N) is 3. The van der Waals surface area contributed by atoms with E-state index in [1.54, 1.807) is 6.07 Å². The highest BCUT2D eigenvalue weighted by Crippen LogP contribution is 2.47. The quantitative estimate of drug-likeness (QED) is 0.916. The monoisotopic (exact) mass is 318 g/mol. The maximum Gasteiger partial charge on any atom is 0.264 e. The summed E-state index contributed by atoms with van der Waals surface area (Å²) in [5.41, 5.74) is -0.282. The molecule has 0 unspecified atom stereocenters. The lowest BCUT2D eigenvalue weighted by atomic mass is 9.63. The first-order valence-corrected chi connectivity index (χ1v) is 8.60. The fourth-order valence-corrected chi connectivity index (χ4v) is 3.88. The van der Waals surface area contributed by atoms with Crippen molar-refractivity contribution in [1.82, 2.24) is 15.1 Å². The third-order valence-electron chi connectivity index (χ3n) is 5.12. The van der Waals surface area contributed by atoms with Gasteiger partial charge in [-0.25, -0.2) is 5.10 Å². The molecule has 3 rings (SSSR count). The number of hydrogen-bond acceptors (Lipinski definition) is 4. The summed E-state index contributed by atoms with van der Waals surface area (Å²) in [7, 11) is 0. The second-order valence-corrected chi connectivity index (χ2v) is 7.29. The van der Waals surface area contributed by atoms with Crippen LogP contribution in [0.5, 0.6) is 0 Å². The van der Waals surface area contributed by atoms with E-state index in [0.29, 0.717) is 11.8 Å². The number of aromatic nitrogens is 2. The van der Waals surface area contributed by atoms with E-state index >= 15 is 0 Å². The van der Waals surface area contributed by atoms with Gasteiger partial charge in [-0.15, -0.1) is 0 Å². The van der Waals surface area contributed by atoms with Crippen LogP contribution in [0.4, 0.5) is 5.82 Å². The lowest BCUT2D eigenvalue weighted by molar-refractivity contribution is -0.149. The van der Waals surface area contributed by atoms with Crippen LogP contribution in [0.2, 0.25) is 0 Å². The molecule has 1 N–H and O–H groups in total. The molecule has 0 aromatic carbocycles. The molecule has 1 saturated carbocycles. The molecule has 0 spiro atoms. The molecule has 1 amide bonds. The van der Waals surface area contributed by atoms with E-state index in [1.807, 2.05) is 4.90 Å². The zero-order valence-corrected chi connectivity index (χ0v) is 14.0. The SMILES string of the molecule is CC(C)CC1(C(=O)N2CCN(c3ccc(=O)[nH]n3)CC2)CCC1. The van der Waals surface area contributed by atoms with E-state index in [4.69, 9.17) is 0 Å². The maximum absolute atomic E-state index is 13.0. The molecule has 126 valence electrons. The number of anilines is 1. The third kappa shape index (κ3) is 3.26. The number of aromatic amines is 1. The second kappa shape index (κ2) is 6.34. The number of rotatable bonds is 4. The molecule has 2 fully saturated rings. The van der Waals surface area contributed by atoms with Crippen LogP contribution >= 0.6 is 0 Å². The van der Waals surface area contributed by atoms with Crippen LogP contribution in [0.1, 0.15) is 39.5 Å². The van der Waals surface area contributed by atoms with E-state index in [2.05, 4.69) is 28.9 Å². The van der Waals surface area contributed by atoms with Gasteiger partial charge in [0.2, 0.25) is 5.91 Å². The van der Waals surface area contributed by atoms with E-state index in [0.717, 1.165) is 51.3 Å². The summed E-state index contributed by atoms with van der Waals surface area (Å²) in [5.74, 6) is 1.69. The largest absolute Gasteiger partial charge is 0.352 e. The van der Waals surface area contributed by atoms with Crippen molar-refractivity contribution >= 4 is 11.7 Å². The number of piperazine rings is 1. The number of H-pyrrole nitrogens is 1. The Bertz CT molecular complexity index is 593. The Morgan fingerprint density at radius 2 is 1.96 bits per heavy atom. The number of carbonyl (C=O) groups excluding carboxylic acids is 1. The van der Waals surface area contributed by atoms with Crippen LogP contribution in [0.15, 0.2) is 16.9 Å². The molecule has 2 aliphatic rings. The molecule has 6 nitrogen and oxygen atoms in total. The lowest BCUT2D eigenvalue weighted by Gasteiger charge is -2.46. The zero-order chi connectivity index (χ0) is 16.4. The topological polar surface area (TPSA) is 69.3 Å². The highest BCUT2D eigenvalue weighted by molar-refractivity contribution is 5.84. The van der Waals surface area contributed by atoms with Crippen molar-refractivity contribution in [2.45, 2.75) is 39.5 Å². The molecule has 6 heteroatoms. The van der Waals surface area contributed by atoms with Crippen molar-refractivity contribution in [2.75, 3.05) is 31.1 Å². The number of nitrogens with one attached hydrogen (secondary N) is 1. The Labute approximate surface area is 136 Å². The van der Waals surface area contributed by atoms with Crippen molar-refractivity contribution in [3.8, 4) is 0 Å². The summed E-state index contributed by atoms with van der Waals surface area (Å²) in [5, 5.41) is 6.54. The van der Waals surface area contributed by atoms with Gasteiger partial charge in [-0.3, -0.25) is 9.59 Å². The van der Waals surface area contributed by atoms with Crippen LogP contribution in [-0.2, 0) is 4.79 Å². The molecule has 1 aromatic heterocycles. The first kappa shape index (κ1) is 16.0. The first-order chi connectivity index (χ1) is 11.0. The van der Waals surface area contributed by atoms with Gasteiger partial charge in [0, 0.05) is 37.7 Å². The Hall–Kier alpha value is -1.85. The van der Waals surface area contributed by atoms with Crippen LogP contribution in [-0.4, -0.2) is 47.2 Å². The Balaban J connectivity index is 1.61. The molecule has 1 aliphatic heterocycles. The summed E-state index contributed by atoms with van der Waals surface area (Å²) < 4.78 is 0. The Morgan fingerprint density at radius 1 is 1.26 bits per heavy atom. The fraction of sp³-hybridized carbons (Fsp3) is 0.706. The van der Waals surface area contributed by atoms with Gasteiger partial charge >= 0.3 is 0 Å². The van der Waals surface area contributed by atoms with Gasteiger partial charge in [0.05, 0.1) is 0 Å². The molecule has 1 aliphatic carbocycles. The third-order valence-corrected chi connectivity index (χ3v) is 5.12. The molecule has 0 atom stereocenters. The summed E-state index contributed by atoms with van der Waals surface area (Å²) in [6, 6.07) is 3.23. The van der Waals surface area contributed by atoms with Gasteiger partial charge in [-0.05, 0) is 31.2 Å². The van der Waals surface area contributed by atoms with Gasteiger partial charge in [0.1, 0.15) is 5.82 Å². The van der Waals surface area contributed by atoms with E-state index in [9.17, 15) is 9.59 Å². The number of amides is 1. The van der Waals surface area contributed by atoms with Gasteiger partial charge in [0.15, 0.2) is 0 Å². The first-order valence-electron chi connectivity index (χ1n) is 8.60. The molecular formula is C17H26N4O2. The average molecular weight is 318 g/mol. The molecule has 2 heterocycles. The van der Waals surface area contributed by atoms with Crippen LogP contribution in [0, 0.1) is 11.3 Å². The summed E-state index contributed by atoms with van der Waals surface area (Å²) in [6.07, 6.45) is 4.28. The standard InChI is InChI=1S/C17H26N4O2/c1-13(2)12-17(6-3-7-17)16(23)21-10-8-20(9-11-21)14-4-5-15(22)19-18-14/h4-5,13H,3,6-12H2,1-2H3,(H,19,22). The van der Waals surface area contributed by atoms with Crippen LogP contribution in [0.3, 0.4) is 0 Å². The summed E-state index contributed by atoms with van der Waals surface area (Å²) in [4.78, 5) is 28.2. The van der Waals surface area contributed by atoms with Crippen molar-refractivity contribution in [3.63, 3.8) is 0 Å². The number of hydrogen-bond donors (Lipinski definition) is 1. The normalized spacial score (nSPS) is 20.5. The minimum Gasteiger partial charge on any atom is -0.352 e. The summed E-state index contributed by atoms with van der Waals surface area (Å²) in [6.45, 7) is 7.41. The smallest absolute Gasteiger partial charge is 0.264 e. The lowest BCUT2D eigenvalue weighted by Crippen LogP contribution is -2.55. The van der Waals surface area contributed by atoms with Gasteiger partial charge in [0.25, 0.3) is 5.56 Å². The molecule has 1 saturated heterocycles. The predicted molar refractivity (Wildman–Crippen MR) is 89.4 cm³/mol. The van der Waals surface area contributed by atoms with Gasteiger partial charge in [-0.2, -0.15) is 5.10 Å². The van der Waals surface area contributed by atoms with E-state index in [1.165, 1.54) is 12.5 Å². The zero-order valence-electron chi connectivity index (χ0n) is 14.0. The molecule has 23 heavy (non-hydrogen) atoms. The van der Waals surface area contributed by atoms with Gasteiger partial charge < -0.3 is 9.80 Å². The molecule has 0 radical (unpaired) electrons. The van der Waals surface area contributed by atoms with E-state index in [-0.39, 0.29) is 11.0 Å². The minimum atomic E-state index is -0.192. The highest BCUT2D eigenvalue weighted by atomic mass is 16.2. The van der Waals surface area contributed by atoms with Crippen molar-refractivity contribution in [2.24, 2.45) is 11.3 Å². The summed E-state index contributed by atoms with van der Waals surface area (Å²) >= 11 is 0.